The standard InChI is InChI=1S/C14H27N5S.HI/c1-11(2)19(5)9-8-17-14(15-4)16-7-6-13-18-10-12(3)20-13;/h10-11H,6-9H2,1-5H3,(H2,15,16,17);1H. The minimum atomic E-state index is 0. The molecule has 21 heavy (non-hydrogen) atoms. The van der Waals surface area contributed by atoms with Crippen LogP contribution in [0.5, 0.6) is 0 Å². The Morgan fingerprint density at radius 1 is 1.38 bits per heavy atom. The molecule has 0 fully saturated rings. The zero-order valence-corrected chi connectivity index (χ0v) is 16.8. The van der Waals surface area contributed by atoms with E-state index in [9.17, 15) is 0 Å². The molecule has 1 rings (SSSR count). The fourth-order valence-corrected chi connectivity index (χ4v) is 2.42. The molecule has 0 bridgehead atoms. The minimum Gasteiger partial charge on any atom is -0.356 e. The van der Waals surface area contributed by atoms with E-state index in [-0.39, 0.29) is 24.0 Å². The summed E-state index contributed by atoms with van der Waals surface area (Å²) in [6.45, 7) is 9.23. The number of rotatable bonds is 7. The van der Waals surface area contributed by atoms with Crippen molar-refractivity contribution in [1.29, 1.82) is 0 Å². The van der Waals surface area contributed by atoms with Crippen LogP contribution in [0.2, 0.25) is 0 Å². The lowest BCUT2D eigenvalue weighted by Gasteiger charge is -2.21. The number of halogens is 1. The van der Waals surface area contributed by atoms with Crippen molar-refractivity contribution in [2.75, 3.05) is 33.7 Å². The first-order valence-corrected chi connectivity index (χ1v) is 7.90. The number of likely N-dealkylation sites (N-methyl/N-ethyl adjacent to an activating group) is 1. The topological polar surface area (TPSA) is 52.6 Å². The van der Waals surface area contributed by atoms with Crippen LogP contribution in [0.15, 0.2) is 11.2 Å². The largest absolute Gasteiger partial charge is 0.356 e. The lowest BCUT2D eigenvalue weighted by molar-refractivity contribution is 0.278. The summed E-state index contributed by atoms with van der Waals surface area (Å²) < 4.78 is 0. The molecule has 0 atom stereocenters. The highest BCUT2D eigenvalue weighted by Crippen LogP contribution is 2.10. The van der Waals surface area contributed by atoms with Crippen LogP contribution in [0, 0.1) is 6.92 Å². The quantitative estimate of drug-likeness (QED) is 0.399. The van der Waals surface area contributed by atoms with Gasteiger partial charge >= 0.3 is 0 Å². The molecule has 1 heterocycles. The van der Waals surface area contributed by atoms with E-state index in [1.807, 2.05) is 6.20 Å². The molecule has 5 nitrogen and oxygen atoms in total. The van der Waals surface area contributed by atoms with Crippen molar-refractivity contribution in [3.05, 3.63) is 16.1 Å². The molecule has 0 unspecified atom stereocenters. The Labute approximate surface area is 149 Å². The molecule has 7 heteroatoms. The SMILES string of the molecule is CN=C(NCCc1ncc(C)s1)NCCN(C)C(C)C.I. The molecular weight excluding hydrogens is 397 g/mol. The van der Waals surface area contributed by atoms with E-state index in [1.54, 1.807) is 18.4 Å². The highest BCUT2D eigenvalue weighted by Gasteiger charge is 2.04. The average molecular weight is 425 g/mol. The van der Waals surface area contributed by atoms with Crippen LogP contribution in [0.3, 0.4) is 0 Å². The molecule has 1 aromatic rings. The smallest absolute Gasteiger partial charge is 0.191 e. The molecule has 0 saturated carbocycles. The first kappa shape index (κ1) is 20.6. The molecule has 0 amide bonds. The molecule has 0 aliphatic rings. The van der Waals surface area contributed by atoms with Gasteiger partial charge in [-0.1, -0.05) is 0 Å². The van der Waals surface area contributed by atoms with Crippen molar-refractivity contribution in [2.45, 2.75) is 33.2 Å². The molecule has 1 aromatic heterocycles. The van der Waals surface area contributed by atoms with Gasteiger partial charge in [-0.15, -0.1) is 35.3 Å². The van der Waals surface area contributed by atoms with Crippen LogP contribution in [0.25, 0.3) is 0 Å². The van der Waals surface area contributed by atoms with Crippen molar-refractivity contribution in [2.24, 2.45) is 4.99 Å². The fraction of sp³-hybridized carbons (Fsp3) is 0.714. The fourth-order valence-electron chi connectivity index (χ4n) is 1.63. The van der Waals surface area contributed by atoms with E-state index < -0.39 is 0 Å². The number of nitrogens with one attached hydrogen (secondary N) is 2. The molecule has 0 aliphatic carbocycles. The van der Waals surface area contributed by atoms with Crippen LogP contribution in [-0.4, -0.2) is 55.6 Å². The van der Waals surface area contributed by atoms with E-state index in [2.05, 4.69) is 53.3 Å². The summed E-state index contributed by atoms with van der Waals surface area (Å²) >= 11 is 1.75. The second kappa shape index (κ2) is 11.2. The van der Waals surface area contributed by atoms with Gasteiger partial charge in [0.05, 0.1) is 5.01 Å². The molecule has 0 radical (unpaired) electrons. The summed E-state index contributed by atoms with van der Waals surface area (Å²) in [5.41, 5.74) is 0. The van der Waals surface area contributed by atoms with Gasteiger partial charge in [-0.25, -0.2) is 4.98 Å². The summed E-state index contributed by atoms with van der Waals surface area (Å²) in [4.78, 5) is 12.1. The third-order valence-electron chi connectivity index (χ3n) is 3.16. The lowest BCUT2D eigenvalue weighted by Crippen LogP contribution is -2.42. The van der Waals surface area contributed by atoms with Gasteiger partial charge in [0, 0.05) is 50.2 Å². The Morgan fingerprint density at radius 2 is 2.05 bits per heavy atom. The third kappa shape index (κ3) is 8.57. The van der Waals surface area contributed by atoms with Gasteiger partial charge in [-0.3, -0.25) is 4.99 Å². The van der Waals surface area contributed by atoms with Gasteiger partial charge in [0.15, 0.2) is 5.96 Å². The van der Waals surface area contributed by atoms with E-state index in [1.165, 1.54) is 9.88 Å². The second-order valence-corrected chi connectivity index (χ2v) is 6.43. The third-order valence-corrected chi connectivity index (χ3v) is 4.14. The molecule has 0 aromatic carbocycles. The first-order valence-electron chi connectivity index (χ1n) is 7.09. The number of aliphatic imine (C=N–C) groups is 1. The monoisotopic (exact) mass is 425 g/mol. The maximum Gasteiger partial charge on any atom is 0.191 e. The summed E-state index contributed by atoms with van der Waals surface area (Å²) in [5, 5.41) is 7.82. The normalized spacial score (nSPS) is 11.7. The number of guanidine groups is 1. The number of hydrogen-bond donors (Lipinski definition) is 2. The predicted molar refractivity (Wildman–Crippen MR) is 103 cm³/mol. The summed E-state index contributed by atoms with van der Waals surface area (Å²) in [6, 6.07) is 0.569. The van der Waals surface area contributed by atoms with E-state index in [0.717, 1.165) is 32.0 Å². The summed E-state index contributed by atoms with van der Waals surface area (Å²) in [7, 11) is 3.93. The zero-order chi connectivity index (χ0) is 15.0. The number of hydrogen-bond acceptors (Lipinski definition) is 4. The molecule has 122 valence electrons. The highest BCUT2D eigenvalue weighted by molar-refractivity contribution is 14.0. The number of aryl methyl sites for hydroxylation is 1. The van der Waals surface area contributed by atoms with Gasteiger partial charge in [0.25, 0.3) is 0 Å². The van der Waals surface area contributed by atoms with Crippen molar-refractivity contribution >= 4 is 41.3 Å². The molecule has 0 aliphatic heterocycles. The molecular formula is C14H28IN5S. The number of thiazole rings is 1. The Balaban J connectivity index is 0.00000400. The Kier molecular flexibility index (Phi) is 11.0. The van der Waals surface area contributed by atoms with Crippen LogP contribution in [0.1, 0.15) is 23.7 Å². The van der Waals surface area contributed by atoms with Gasteiger partial charge in [0.1, 0.15) is 0 Å². The van der Waals surface area contributed by atoms with Crippen molar-refractivity contribution in [1.82, 2.24) is 20.5 Å². The van der Waals surface area contributed by atoms with Crippen molar-refractivity contribution in [3.8, 4) is 0 Å². The highest BCUT2D eigenvalue weighted by atomic mass is 127. The Morgan fingerprint density at radius 3 is 2.57 bits per heavy atom. The summed E-state index contributed by atoms with van der Waals surface area (Å²) in [5.74, 6) is 0.857. The number of nitrogens with zero attached hydrogens (tertiary/aromatic N) is 3. The van der Waals surface area contributed by atoms with Crippen LogP contribution >= 0.6 is 35.3 Å². The zero-order valence-electron chi connectivity index (χ0n) is 13.6. The van der Waals surface area contributed by atoms with Crippen LogP contribution < -0.4 is 10.6 Å². The van der Waals surface area contributed by atoms with Crippen LogP contribution in [0.4, 0.5) is 0 Å². The van der Waals surface area contributed by atoms with Crippen LogP contribution in [-0.2, 0) is 6.42 Å². The van der Waals surface area contributed by atoms with Gasteiger partial charge < -0.3 is 15.5 Å². The van der Waals surface area contributed by atoms with E-state index >= 15 is 0 Å². The van der Waals surface area contributed by atoms with Crippen molar-refractivity contribution in [3.63, 3.8) is 0 Å². The minimum absolute atomic E-state index is 0. The maximum absolute atomic E-state index is 4.35. The maximum atomic E-state index is 4.35. The lowest BCUT2D eigenvalue weighted by atomic mass is 10.3. The van der Waals surface area contributed by atoms with E-state index in [0.29, 0.717) is 6.04 Å². The predicted octanol–water partition coefficient (Wildman–Crippen LogP) is 2.12. The Bertz CT molecular complexity index is 419. The second-order valence-electron chi connectivity index (χ2n) is 5.11. The van der Waals surface area contributed by atoms with Crippen molar-refractivity contribution < 1.29 is 0 Å². The first-order chi connectivity index (χ1) is 9.52. The molecule has 0 spiro atoms. The van der Waals surface area contributed by atoms with Gasteiger partial charge in [-0.2, -0.15) is 0 Å². The van der Waals surface area contributed by atoms with Gasteiger partial charge in [0.2, 0.25) is 0 Å². The van der Waals surface area contributed by atoms with E-state index in [4.69, 9.17) is 0 Å². The Hall–Kier alpha value is -0.410. The molecule has 0 saturated heterocycles. The van der Waals surface area contributed by atoms with Gasteiger partial charge in [-0.05, 0) is 27.8 Å². The summed E-state index contributed by atoms with van der Waals surface area (Å²) in [6.07, 6.45) is 2.86. The number of aromatic nitrogens is 1. The molecule has 2 N–H and O–H groups in total. The average Bonchev–Trinajstić information content (AvgIpc) is 2.82.